The minimum Gasteiger partial charge on any atom is -0.326 e. The second kappa shape index (κ2) is 5.15. The third kappa shape index (κ3) is 2.49. The molecule has 0 spiro atoms. The Morgan fingerprint density at radius 1 is 1.53 bits per heavy atom. The van der Waals surface area contributed by atoms with Crippen LogP contribution in [0.4, 0.5) is 0 Å². The van der Waals surface area contributed by atoms with Crippen LogP contribution in [0.15, 0.2) is 19.0 Å². The SMILES string of the molecule is C=Cc1nccn1C(C)(CC)CCCC. The summed E-state index contributed by atoms with van der Waals surface area (Å²) in [6, 6.07) is 0. The lowest BCUT2D eigenvalue weighted by Gasteiger charge is -2.31. The van der Waals surface area contributed by atoms with Crippen LogP contribution >= 0.6 is 0 Å². The first-order chi connectivity index (χ1) is 7.18. The summed E-state index contributed by atoms with van der Waals surface area (Å²) in [4.78, 5) is 4.30. The molecule has 2 nitrogen and oxygen atoms in total. The number of unbranched alkanes of at least 4 members (excludes halogenated alkanes) is 1. The Hall–Kier alpha value is -1.05. The van der Waals surface area contributed by atoms with Crippen molar-refractivity contribution in [1.82, 2.24) is 9.55 Å². The van der Waals surface area contributed by atoms with Gasteiger partial charge in [0, 0.05) is 17.9 Å². The van der Waals surface area contributed by atoms with E-state index in [4.69, 9.17) is 0 Å². The quantitative estimate of drug-likeness (QED) is 0.691. The molecular weight excluding hydrogens is 184 g/mol. The van der Waals surface area contributed by atoms with E-state index in [-0.39, 0.29) is 5.54 Å². The van der Waals surface area contributed by atoms with Gasteiger partial charge in [-0.25, -0.2) is 4.98 Å². The number of rotatable bonds is 6. The molecule has 0 fully saturated rings. The third-order valence-corrected chi connectivity index (χ3v) is 3.26. The van der Waals surface area contributed by atoms with Gasteiger partial charge in [-0.2, -0.15) is 0 Å². The van der Waals surface area contributed by atoms with Gasteiger partial charge in [-0.15, -0.1) is 0 Å². The van der Waals surface area contributed by atoms with Crippen LogP contribution in [0.1, 0.15) is 52.3 Å². The molecule has 0 saturated heterocycles. The van der Waals surface area contributed by atoms with Crippen molar-refractivity contribution < 1.29 is 0 Å². The molecule has 0 aromatic carbocycles. The Kier molecular flexibility index (Phi) is 4.13. The highest BCUT2D eigenvalue weighted by atomic mass is 15.1. The fourth-order valence-electron chi connectivity index (χ4n) is 1.95. The Morgan fingerprint density at radius 3 is 2.80 bits per heavy atom. The molecule has 84 valence electrons. The highest BCUT2D eigenvalue weighted by Gasteiger charge is 2.24. The van der Waals surface area contributed by atoms with E-state index in [0.29, 0.717) is 0 Å². The lowest BCUT2D eigenvalue weighted by atomic mass is 9.91. The minimum absolute atomic E-state index is 0.191. The largest absolute Gasteiger partial charge is 0.326 e. The molecule has 0 radical (unpaired) electrons. The summed E-state index contributed by atoms with van der Waals surface area (Å²) >= 11 is 0. The predicted octanol–water partition coefficient (Wildman–Crippen LogP) is 3.84. The van der Waals surface area contributed by atoms with Crippen LogP contribution in [-0.4, -0.2) is 9.55 Å². The number of aromatic nitrogens is 2. The number of hydrogen-bond donors (Lipinski definition) is 0. The van der Waals surface area contributed by atoms with Gasteiger partial charge in [-0.3, -0.25) is 0 Å². The van der Waals surface area contributed by atoms with E-state index >= 15 is 0 Å². The van der Waals surface area contributed by atoms with Crippen LogP contribution in [0.5, 0.6) is 0 Å². The average molecular weight is 206 g/mol. The van der Waals surface area contributed by atoms with E-state index in [1.165, 1.54) is 19.3 Å². The fraction of sp³-hybridized carbons (Fsp3) is 0.615. The summed E-state index contributed by atoms with van der Waals surface area (Å²) in [5, 5.41) is 0. The lowest BCUT2D eigenvalue weighted by molar-refractivity contribution is 0.272. The topological polar surface area (TPSA) is 17.8 Å². The molecule has 1 atom stereocenters. The molecule has 1 heterocycles. The zero-order valence-electron chi connectivity index (χ0n) is 10.2. The third-order valence-electron chi connectivity index (χ3n) is 3.26. The normalized spacial score (nSPS) is 14.9. The summed E-state index contributed by atoms with van der Waals surface area (Å²) in [5.41, 5.74) is 0.191. The molecule has 0 amide bonds. The van der Waals surface area contributed by atoms with Gasteiger partial charge in [-0.1, -0.05) is 33.3 Å². The molecule has 2 heteroatoms. The van der Waals surface area contributed by atoms with Crippen LogP contribution in [0.25, 0.3) is 6.08 Å². The molecule has 1 rings (SSSR count). The summed E-state index contributed by atoms with van der Waals surface area (Å²) in [6.45, 7) is 10.6. The molecule has 1 aromatic rings. The standard InChI is InChI=1S/C13H22N2/c1-5-8-9-13(4,7-3)15-11-10-14-12(15)6-2/h6,10-11H,2,5,7-9H2,1,3-4H3. The molecule has 0 aliphatic carbocycles. The van der Waals surface area contributed by atoms with Crippen molar-refractivity contribution in [3.63, 3.8) is 0 Å². The molecule has 0 bridgehead atoms. The number of imidazole rings is 1. The Morgan fingerprint density at radius 2 is 2.27 bits per heavy atom. The highest BCUT2D eigenvalue weighted by Crippen LogP contribution is 2.28. The minimum atomic E-state index is 0.191. The average Bonchev–Trinajstić information content (AvgIpc) is 2.74. The predicted molar refractivity (Wildman–Crippen MR) is 65.8 cm³/mol. The Labute approximate surface area is 93.0 Å². The summed E-state index contributed by atoms with van der Waals surface area (Å²) in [5.74, 6) is 0.982. The van der Waals surface area contributed by atoms with Crippen LogP contribution < -0.4 is 0 Å². The maximum atomic E-state index is 4.30. The Balaban J connectivity index is 2.94. The van der Waals surface area contributed by atoms with Gasteiger partial charge in [0.25, 0.3) is 0 Å². The molecule has 1 aromatic heterocycles. The maximum Gasteiger partial charge on any atom is 0.132 e. The first kappa shape index (κ1) is 12.0. The van der Waals surface area contributed by atoms with E-state index in [2.05, 4.69) is 43.1 Å². The van der Waals surface area contributed by atoms with Crippen molar-refractivity contribution in [1.29, 1.82) is 0 Å². The Bertz CT molecular complexity index is 314. The summed E-state index contributed by atoms with van der Waals surface area (Å²) in [6.07, 6.45) is 10.6. The summed E-state index contributed by atoms with van der Waals surface area (Å²) in [7, 11) is 0. The van der Waals surface area contributed by atoms with Crippen molar-refractivity contribution in [2.75, 3.05) is 0 Å². The van der Waals surface area contributed by atoms with Gasteiger partial charge in [-0.05, 0) is 25.8 Å². The van der Waals surface area contributed by atoms with Gasteiger partial charge in [0.1, 0.15) is 5.82 Å². The molecule has 0 aliphatic heterocycles. The van der Waals surface area contributed by atoms with E-state index in [9.17, 15) is 0 Å². The van der Waals surface area contributed by atoms with E-state index < -0.39 is 0 Å². The number of hydrogen-bond acceptors (Lipinski definition) is 1. The van der Waals surface area contributed by atoms with Crippen molar-refractivity contribution in [3.05, 3.63) is 24.8 Å². The lowest BCUT2D eigenvalue weighted by Crippen LogP contribution is -2.29. The fourth-order valence-corrected chi connectivity index (χ4v) is 1.95. The first-order valence-electron chi connectivity index (χ1n) is 5.84. The molecular formula is C13H22N2. The van der Waals surface area contributed by atoms with E-state index in [0.717, 1.165) is 12.2 Å². The first-order valence-corrected chi connectivity index (χ1v) is 5.84. The van der Waals surface area contributed by atoms with Crippen LogP contribution in [0, 0.1) is 0 Å². The van der Waals surface area contributed by atoms with Gasteiger partial charge in [0.15, 0.2) is 0 Å². The van der Waals surface area contributed by atoms with Crippen molar-refractivity contribution >= 4 is 6.08 Å². The number of nitrogens with zero attached hydrogens (tertiary/aromatic N) is 2. The van der Waals surface area contributed by atoms with Crippen molar-refractivity contribution in [3.8, 4) is 0 Å². The van der Waals surface area contributed by atoms with Crippen LogP contribution in [0.3, 0.4) is 0 Å². The van der Waals surface area contributed by atoms with Crippen LogP contribution in [-0.2, 0) is 5.54 Å². The van der Waals surface area contributed by atoms with Gasteiger partial charge >= 0.3 is 0 Å². The maximum absolute atomic E-state index is 4.30. The highest BCUT2D eigenvalue weighted by molar-refractivity contribution is 5.37. The van der Waals surface area contributed by atoms with Crippen LogP contribution in [0.2, 0.25) is 0 Å². The van der Waals surface area contributed by atoms with Crippen molar-refractivity contribution in [2.24, 2.45) is 0 Å². The van der Waals surface area contributed by atoms with E-state index in [1.54, 1.807) is 0 Å². The zero-order valence-corrected chi connectivity index (χ0v) is 10.2. The second-order valence-electron chi connectivity index (χ2n) is 4.31. The van der Waals surface area contributed by atoms with E-state index in [1.807, 2.05) is 12.3 Å². The second-order valence-corrected chi connectivity index (χ2v) is 4.31. The smallest absolute Gasteiger partial charge is 0.132 e. The molecule has 0 N–H and O–H groups in total. The zero-order chi connectivity index (χ0) is 11.3. The molecule has 1 unspecified atom stereocenters. The molecule has 0 saturated carbocycles. The van der Waals surface area contributed by atoms with Gasteiger partial charge in [0.05, 0.1) is 0 Å². The van der Waals surface area contributed by atoms with Gasteiger partial charge < -0.3 is 4.57 Å². The van der Waals surface area contributed by atoms with Crippen molar-refractivity contribution in [2.45, 2.75) is 52.0 Å². The molecule has 15 heavy (non-hydrogen) atoms. The summed E-state index contributed by atoms with van der Waals surface area (Å²) < 4.78 is 2.26. The monoisotopic (exact) mass is 206 g/mol. The molecule has 0 aliphatic rings. The van der Waals surface area contributed by atoms with Gasteiger partial charge in [0.2, 0.25) is 0 Å².